The molecule has 4 aliphatic rings. The molecule has 115 valence electrons. The van der Waals surface area contributed by atoms with Crippen LogP contribution in [0, 0.1) is 6.65 Å². The van der Waals surface area contributed by atoms with E-state index in [4.69, 9.17) is 9.76 Å². The monoisotopic (exact) mass is 388 g/mol. The molecule has 4 heterocycles. The van der Waals surface area contributed by atoms with Gasteiger partial charge in [0.05, 0.1) is 25.8 Å². The Bertz CT molecular complexity index is 316. The van der Waals surface area contributed by atoms with E-state index < -0.39 is 0 Å². The zero-order chi connectivity index (χ0) is 14.4. The number of hydrogen-bond acceptors (Lipinski definition) is 5. The van der Waals surface area contributed by atoms with Crippen molar-refractivity contribution in [1.29, 1.82) is 0 Å². The zero-order valence-electron chi connectivity index (χ0n) is 11.7. The summed E-state index contributed by atoms with van der Waals surface area (Å²) in [7, 11) is 0.366. The minimum absolute atomic E-state index is 0. The molecule has 4 rings (SSSR count). The van der Waals surface area contributed by atoms with Crippen molar-refractivity contribution in [1.82, 2.24) is 14.7 Å². The maximum absolute atomic E-state index is 10.0. The molecule has 0 aromatic carbocycles. The second kappa shape index (κ2) is 9.75. The maximum atomic E-state index is 10.0. The molecule has 0 spiro atoms. The predicted octanol–water partition coefficient (Wildman–Crippen LogP) is 1.16. The number of rotatable bonds is 1. The van der Waals surface area contributed by atoms with Gasteiger partial charge in [0.2, 0.25) is 0 Å². The molecule has 4 saturated heterocycles. The molecule has 6 nitrogen and oxygen atoms in total. The van der Waals surface area contributed by atoms with Crippen molar-refractivity contribution in [3.05, 3.63) is 18.5 Å². The van der Waals surface area contributed by atoms with Crippen LogP contribution in [0.15, 0.2) is 11.8 Å². The summed E-state index contributed by atoms with van der Waals surface area (Å²) in [5, 5.41) is 8.36. The summed E-state index contributed by atoms with van der Waals surface area (Å²) in [5.74, 6) is -0.0625. The Morgan fingerprint density at radius 1 is 1.10 bits per heavy atom. The molecule has 20 heavy (non-hydrogen) atoms. The Hall–Kier alpha value is -0.117. The smallest absolute Gasteiger partial charge is 0 e. The van der Waals surface area contributed by atoms with Crippen molar-refractivity contribution in [2.75, 3.05) is 38.9 Å². The van der Waals surface area contributed by atoms with Crippen molar-refractivity contribution in [2.24, 2.45) is 0 Å². The summed E-state index contributed by atoms with van der Waals surface area (Å²) in [6.07, 6.45) is 5.42. The normalized spacial score (nSPS) is 32.9. The van der Waals surface area contributed by atoms with Crippen molar-refractivity contribution < 1.29 is 34.0 Å². The van der Waals surface area contributed by atoms with E-state index in [9.17, 15) is 4.79 Å². The van der Waals surface area contributed by atoms with Gasteiger partial charge in [-0.3, -0.25) is 19.5 Å². The van der Waals surface area contributed by atoms with E-state index in [0.717, 1.165) is 0 Å². The van der Waals surface area contributed by atoms with E-state index in [1.165, 1.54) is 58.8 Å². The first-order chi connectivity index (χ1) is 9.02. The van der Waals surface area contributed by atoms with Gasteiger partial charge in [-0.2, -0.15) is 0 Å². The second-order valence-electron chi connectivity index (χ2n) is 4.93. The fraction of sp³-hybridized carbons (Fsp3) is 0.667. The molecule has 1 N–H and O–H groups in total. The van der Waals surface area contributed by atoms with Crippen molar-refractivity contribution in [3.63, 3.8) is 0 Å². The van der Waals surface area contributed by atoms with Crippen LogP contribution in [0.4, 0.5) is 0 Å². The van der Waals surface area contributed by atoms with Crippen LogP contribution in [0.5, 0.6) is 0 Å². The van der Waals surface area contributed by atoms with E-state index >= 15 is 0 Å². The van der Waals surface area contributed by atoms with Crippen molar-refractivity contribution in [3.8, 4) is 0 Å². The molecule has 1 radical (unpaired) electrons. The first kappa shape index (κ1) is 19.9. The fourth-order valence-electron chi connectivity index (χ4n) is 2.53. The number of ketones is 1. The summed E-state index contributed by atoms with van der Waals surface area (Å²) in [6.45, 7) is 11.1. The zero-order valence-corrected chi connectivity index (χ0v) is 14.2. The standard InChI is InChI=1S/C6H12N3P.C5H8O2.CO.Rh/c1-7-2-9-3-8(1)5-10(4-7)6-9;1-4(6)3-5(2)7;1-2;/h1-6H2;3,6H,1-2H3;;/b;4-3-;;. The minimum Gasteiger partial charge on any atom is 0 e. The summed E-state index contributed by atoms with van der Waals surface area (Å²) in [6, 6.07) is 0. The van der Waals surface area contributed by atoms with Crippen LogP contribution in [0.25, 0.3) is 0 Å². The van der Waals surface area contributed by atoms with Crippen LogP contribution in [0.1, 0.15) is 13.8 Å². The summed E-state index contributed by atoms with van der Waals surface area (Å²) in [4.78, 5) is 17.7. The molecule has 8 heteroatoms. The first-order valence-electron chi connectivity index (χ1n) is 6.00. The van der Waals surface area contributed by atoms with Crippen LogP contribution in [0.2, 0.25) is 0 Å². The molecule has 4 fully saturated rings. The van der Waals surface area contributed by atoms with Crippen LogP contribution >= 0.6 is 7.92 Å². The van der Waals surface area contributed by atoms with Crippen molar-refractivity contribution >= 4 is 13.7 Å². The molecule has 0 aromatic heterocycles. The van der Waals surface area contributed by atoms with Gasteiger partial charge in [0.25, 0.3) is 0 Å². The Morgan fingerprint density at radius 2 is 1.45 bits per heavy atom. The quantitative estimate of drug-likeness (QED) is 0.182. The molecule has 0 aromatic rings. The third-order valence-corrected chi connectivity index (χ3v) is 5.21. The molecule has 0 unspecified atom stereocenters. The Labute approximate surface area is 134 Å². The number of aliphatic hydroxyl groups excluding tert-OH is 1. The Balaban J connectivity index is 0.000000326. The summed E-state index contributed by atoms with van der Waals surface area (Å²) >= 11 is 0. The van der Waals surface area contributed by atoms with Gasteiger partial charge < -0.3 is 5.11 Å². The molecule has 0 amide bonds. The number of hydrogen-bond donors (Lipinski definition) is 1. The largest absolute Gasteiger partial charge is 0 e. The van der Waals surface area contributed by atoms with Crippen LogP contribution in [0.3, 0.4) is 0 Å². The van der Waals surface area contributed by atoms with Crippen molar-refractivity contribution in [2.45, 2.75) is 13.8 Å². The summed E-state index contributed by atoms with van der Waals surface area (Å²) < 4.78 is 7.50. The van der Waals surface area contributed by atoms with Gasteiger partial charge in [-0.1, -0.05) is 7.92 Å². The summed E-state index contributed by atoms with van der Waals surface area (Å²) in [5.41, 5.74) is 0. The average Bonchev–Trinajstić information content (AvgIpc) is 2.28. The Kier molecular flexibility index (Phi) is 9.70. The number of nitrogens with zero attached hydrogens (tertiary/aromatic N) is 3. The number of carbonyl (C=O) groups is 1. The third-order valence-electron chi connectivity index (χ3n) is 2.81. The van der Waals surface area contributed by atoms with Gasteiger partial charge in [-0.15, -0.1) is 0 Å². The molecule has 0 saturated carbocycles. The van der Waals surface area contributed by atoms with E-state index in [2.05, 4.69) is 21.4 Å². The first-order valence-corrected chi connectivity index (χ1v) is 7.90. The van der Waals surface area contributed by atoms with E-state index in [0.29, 0.717) is 7.92 Å². The molecule has 0 atom stereocenters. The third kappa shape index (κ3) is 6.56. The molecular weight excluding hydrogens is 368 g/mol. The Morgan fingerprint density at radius 3 is 1.60 bits per heavy atom. The van der Waals surface area contributed by atoms with Crippen LogP contribution < -0.4 is 0 Å². The van der Waals surface area contributed by atoms with Gasteiger partial charge in [-0.05, 0) is 13.8 Å². The molecule has 4 bridgehead atoms. The number of allylic oxidation sites excluding steroid dienone is 2. The van der Waals surface area contributed by atoms with Gasteiger partial charge >= 0.3 is 11.3 Å². The number of aliphatic hydroxyl groups is 1. The fourth-order valence-corrected chi connectivity index (χ4v) is 5.03. The van der Waals surface area contributed by atoms with Gasteiger partial charge in [0, 0.05) is 44.4 Å². The molecular formula is C12H20N3O3PRh. The van der Waals surface area contributed by atoms with Gasteiger partial charge in [0.15, 0.2) is 5.78 Å². The minimum atomic E-state index is -0.125. The second-order valence-corrected chi connectivity index (χ2v) is 7.12. The van der Waals surface area contributed by atoms with Gasteiger partial charge in [0.1, 0.15) is 0 Å². The average molecular weight is 388 g/mol. The van der Waals surface area contributed by atoms with Crippen LogP contribution in [-0.2, 0) is 28.9 Å². The van der Waals surface area contributed by atoms with E-state index in [1.54, 1.807) is 0 Å². The molecule has 0 aliphatic carbocycles. The SMILES string of the molecule is C1N2CN3CN1CP(C2)C3.CC(=O)/C=C(/C)O.[C-]#[O+].[Rh]. The topological polar surface area (TPSA) is 66.9 Å². The number of carbonyl (C=O) groups excluding carboxylic acids is 1. The van der Waals surface area contributed by atoms with E-state index in [1.807, 2.05) is 0 Å². The maximum Gasteiger partial charge on any atom is 0 e. The van der Waals surface area contributed by atoms with E-state index in [-0.39, 0.29) is 31.0 Å². The van der Waals surface area contributed by atoms with Crippen LogP contribution in [-0.4, -0.2) is 64.5 Å². The molecule has 4 aliphatic heterocycles. The predicted molar refractivity (Wildman–Crippen MR) is 72.6 cm³/mol. The van der Waals surface area contributed by atoms with Gasteiger partial charge in [-0.25, -0.2) is 0 Å².